The summed E-state index contributed by atoms with van der Waals surface area (Å²) in [6.45, 7) is 4.58. The molecule has 162 valence electrons. The number of rotatable bonds is 13. The third kappa shape index (κ3) is 16.5. The number of unbranched alkanes of at least 4 members (excludes halogenated alkanes) is 9. The van der Waals surface area contributed by atoms with Crippen molar-refractivity contribution in [2.75, 3.05) is 27.2 Å². The highest BCUT2D eigenvalue weighted by molar-refractivity contribution is 6.35. The van der Waals surface area contributed by atoms with Crippen LogP contribution in [0.4, 0.5) is 0 Å². The third-order valence-corrected chi connectivity index (χ3v) is 5.41. The van der Waals surface area contributed by atoms with Gasteiger partial charge in [0.05, 0.1) is 27.2 Å². The maximum Gasteiger partial charge on any atom is 0.0981 e. The molecule has 2 nitrogen and oxygen atoms in total. The quantitative estimate of drug-likeness (QED) is 0.222. The van der Waals surface area contributed by atoms with Gasteiger partial charge < -0.3 is 9.59 Å². The molecule has 0 aliphatic heterocycles. The SMILES string of the molecule is CCCCCCCCCCCC[N+](C)(C)CC=CCl.[O-]c1ccc(Cl)cc1Cl. The minimum Gasteiger partial charge on any atom is -0.871 e. The summed E-state index contributed by atoms with van der Waals surface area (Å²) in [5.41, 5.74) is 1.64. The van der Waals surface area contributed by atoms with E-state index >= 15 is 0 Å². The zero-order valence-electron chi connectivity index (χ0n) is 17.9. The number of hydrogen-bond donors (Lipinski definition) is 0. The predicted octanol–water partition coefficient (Wildman–Crippen LogP) is 7.80. The highest BCUT2D eigenvalue weighted by Gasteiger charge is 2.11. The van der Waals surface area contributed by atoms with E-state index in [9.17, 15) is 5.11 Å². The fraction of sp³-hybridized carbons (Fsp3) is 0.652. The molecule has 1 rings (SSSR count). The number of benzene rings is 1. The van der Waals surface area contributed by atoms with E-state index in [0.29, 0.717) is 5.02 Å². The number of hydrogen-bond acceptors (Lipinski definition) is 1. The summed E-state index contributed by atoms with van der Waals surface area (Å²) in [5, 5.41) is 11.2. The van der Waals surface area contributed by atoms with Gasteiger partial charge in [-0.05, 0) is 31.1 Å². The number of halogens is 3. The van der Waals surface area contributed by atoms with Crippen molar-refractivity contribution in [3.8, 4) is 5.75 Å². The Morgan fingerprint density at radius 2 is 1.43 bits per heavy atom. The Labute approximate surface area is 188 Å². The van der Waals surface area contributed by atoms with Crippen molar-refractivity contribution in [2.24, 2.45) is 0 Å². The van der Waals surface area contributed by atoms with Crippen LogP contribution in [-0.2, 0) is 0 Å². The van der Waals surface area contributed by atoms with Gasteiger partial charge in [-0.2, -0.15) is 0 Å². The molecular weight excluding hydrogens is 413 g/mol. The minimum atomic E-state index is -0.193. The van der Waals surface area contributed by atoms with Crippen LogP contribution in [0.2, 0.25) is 10.0 Å². The van der Waals surface area contributed by atoms with E-state index in [1.54, 1.807) is 5.54 Å². The Kier molecular flexibility index (Phi) is 17.2. The average molecular weight is 451 g/mol. The minimum absolute atomic E-state index is 0.169. The molecule has 5 heteroatoms. The van der Waals surface area contributed by atoms with Gasteiger partial charge in [0.15, 0.2) is 0 Å². The van der Waals surface area contributed by atoms with Crippen molar-refractivity contribution in [1.82, 2.24) is 0 Å². The number of quaternary nitrogens is 1. The monoisotopic (exact) mass is 449 g/mol. The molecule has 0 unspecified atom stereocenters. The van der Waals surface area contributed by atoms with E-state index in [1.165, 1.54) is 89.0 Å². The van der Waals surface area contributed by atoms with Gasteiger partial charge in [-0.3, -0.25) is 0 Å². The normalized spacial score (nSPS) is 11.5. The van der Waals surface area contributed by atoms with Crippen LogP contribution in [0, 0.1) is 0 Å². The van der Waals surface area contributed by atoms with Gasteiger partial charge in [-0.1, -0.05) is 105 Å². The molecule has 0 fully saturated rings. The molecule has 0 saturated carbocycles. The van der Waals surface area contributed by atoms with Gasteiger partial charge in [0.2, 0.25) is 0 Å². The van der Waals surface area contributed by atoms with Crippen LogP contribution in [0.1, 0.15) is 71.1 Å². The van der Waals surface area contributed by atoms with E-state index in [0.717, 1.165) is 11.0 Å². The van der Waals surface area contributed by atoms with E-state index in [2.05, 4.69) is 27.1 Å². The Morgan fingerprint density at radius 3 is 1.89 bits per heavy atom. The smallest absolute Gasteiger partial charge is 0.0981 e. The first kappa shape index (κ1) is 27.6. The molecule has 0 aromatic heterocycles. The highest BCUT2D eigenvalue weighted by atomic mass is 35.5. The standard InChI is InChI=1S/C17H35ClN.C6H4Cl2O/c1-4-5-6-7-8-9-10-11-12-13-16-19(2,3)17-14-15-18;7-4-1-2-6(9)5(8)3-4/h14-15H,4-13,16-17H2,1-3H3;1-3,9H/q+1;/p-1. The molecule has 1 aromatic rings. The molecule has 0 aliphatic carbocycles. The molecule has 0 atom stereocenters. The lowest BCUT2D eigenvalue weighted by Gasteiger charge is -2.28. The van der Waals surface area contributed by atoms with E-state index in [4.69, 9.17) is 34.8 Å². The van der Waals surface area contributed by atoms with Crippen LogP contribution in [0.15, 0.2) is 29.8 Å². The summed E-state index contributed by atoms with van der Waals surface area (Å²) < 4.78 is 1.06. The Hall–Kier alpha value is -0.410. The maximum atomic E-state index is 10.6. The second kappa shape index (κ2) is 17.4. The fourth-order valence-corrected chi connectivity index (χ4v) is 3.41. The van der Waals surface area contributed by atoms with Gasteiger partial charge in [0.25, 0.3) is 0 Å². The van der Waals surface area contributed by atoms with Crippen molar-refractivity contribution in [2.45, 2.75) is 71.1 Å². The van der Waals surface area contributed by atoms with Crippen molar-refractivity contribution < 1.29 is 9.59 Å². The third-order valence-electron chi connectivity index (χ3n) is 4.70. The number of likely N-dealkylation sites (N-methyl/N-ethyl adjacent to an activating group) is 1. The predicted molar refractivity (Wildman–Crippen MR) is 125 cm³/mol. The molecule has 0 N–H and O–H groups in total. The summed E-state index contributed by atoms with van der Waals surface area (Å²) in [5.74, 6) is -0.193. The summed E-state index contributed by atoms with van der Waals surface area (Å²) in [7, 11) is 4.56. The van der Waals surface area contributed by atoms with Gasteiger partial charge in [-0.15, -0.1) is 0 Å². The van der Waals surface area contributed by atoms with Gasteiger partial charge in [0, 0.05) is 15.6 Å². The highest BCUT2D eigenvalue weighted by Crippen LogP contribution is 2.23. The molecule has 0 spiro atoms. The maximum absolute atomic E-state index is 10.6. The second-order valence-corrected chi connectivity index (χ2v) is 9.06. The molecule has 28 heavy (non-hydrogen) atoms. The summed E-state index contributed by atoms with van der Waals surface area (Å²) in [6, 6.07) is 4.27. The van der Waals surface area contributed by atoms with Gasteiger partial charge in [0.1, 0.15) is 0 Å². The number of nitrogens with zero attached hydrogens (tertiary/aromatic N) is 1. The first-order chi connectivity index (χ1) is 13.3. The Morgan fingerprint density at radius 1 is 0.893 bits per heavy atom. The lowest BCUT2D eigenvalue weighted by molar-refractivity contribution is -0.884. The zero-order valence-corrected chi connectivity index (χ0v) is 20.1. The van der Waals surface area contributed by atoms with Crippen molar-refractivity contribution in [3.05, 3.63) is 39.9 Å². The summed E-state index contributed by atoms with van der Waals surface area (Å²) in [4.78, 5) is 0. The molecule has 0 bridgehead atoms. The van der Waals surface area contributed by atoms with Crippen LogP contribution in [0.5, 0.6) is 5.75 Å². The zero-order chi connectivity index (χ0) is 21.3. The molecule has 0 amide bonds. The molecular formula is C23H38Cl3NO. The fourth-order valence-electron chi connectivity index (χ4n) is 2.92. The van der Waals surface area contributed by atoms with Crippen LogP contribution in [0.25, 0.3) is 0 Å². The van der Waals surface area contributed by atoms with Crippen LogP contribution < -0.4 is 5.11 Å². The first-order valence-electron chi connectivity index (χ1n) is 10.5. The van der Waals surface area contributed by atoms with Gasteiger partial charge in [-0.25, -0.2) is 0 Å². The molecule has 1 aromatic carbocycles. The average Bonchev–Trinajstić information content (AvgIpc) is 2.65. The van der Waals surface area contributed by atoms with Crippen LogP contribution in [0.3, 0.4) is 0 Å². The topological polar surface area (TPSA) is 23.1 Å². The second-order valence-electron chi connectivity index (χ2n) is 7.96. The van der Waals surface area contributed by atoms with Crippen molar-refractivity contribution in [3.63, 3.8) is 0 Å². The molecule has 0 heterocycles. The van der Waals surface area contributed by atoms with E-state index < -0.39 is 0 Å². The molecule has 0 aliphatic rings. The Bertz CT molecular complexity index is 533. The van der Waals surface area contributed by atoms with Crippen LogP contribution >= 0.6 is 34.8 Å². The largest absolute Gasteiger partial charge is 0.871 e. The molecule has 0 radical (unpaired) electrons. The van der Waals surface area contributed by atoms with Crippen molar-refractivity contribution in [1.29, 1.82) is 0 Å². The summed E-state index contributed by atoms with van der Waals surface area (Å²) in [6.07, 6.45) is 16.2. The van der Waals surface area contributed by atoms with Crippen LogP contribution in [-0.4, -0.2) is 31.7 Å². The first-order valence-corrected chi connectivity index (χ1v) is 11.7. The lowest BCUT2D eigenvalue weighted by atomic mass is 10.1. The molecule has 0 saturated heterocycles. The summed E-state index contributed by atoms with van der Waals surface area (Å²) >= 11 is 16.5. The van der Waals surface area contributed by atoms with E-state index in [-0.39, 0.29) is 10.8 Å². The van der Waals surface area contributed by atoms with E-state index in [1.807, 2.05) is 0 Å². The van der Waals surface area contributed by atoms with Gasteiger partial charge >= 0.3 is 0 Å². The Balaban J connectivity index is 0.000000668. The lowest BCUT2D eigenvalue weighted by Crippen LogP contribution is -2.40. The van der Waals surface area contributed by atoms with Crippen molar-refractivity contribution >= 4 is 34.8 Å².